The second kappa shape index (κ2) is 5.38. The van der Waals surface area contributed by atoms with Crippen LogP contribution in [-0.2, 0) is 6.54 Å². The van der Waals surface area contributed by atoms with Crippen molar-refractivity contribution >= 4 is 11.4 Å². The second-order valence-electron chi connectivity index (χ2n) is 3.84. The van der Waals surface area contributed by atoms with Crippen LogP contribution in [0.4, 0.5) is 15.8 Å². The Bertz CT molecular complexity index is 618. The zero-order valence-electron chi connectivity index (χ0n) is 10.1. The van der Waals surface area contributed by atoms with Gasteiger partial charge < -0.3 is 5.32 Å². The molecule has 0 fully saturated rings. The van der Waals surface area contributed by atoms with Crippen LogP contribution in [0.3, 0.4) is 0 Å². The molecule has 0 unspecified atom stereocenters. The highest BCUT2D eigenvalue weighted by molar-refractivity contribution is 5.61. The van der Waals surface area contributed by atoms with Crippen molar-refractivity contribution in [2.45, 2.75) is 13.5 Å². The van der Waals surface area contributed by atoms with E-state index in [4.69, 9.17) is 0 Å². The molecule has 1 heterocycles. The molecular weight excluding hydrogens is 251 g/mol. The molecule has 1 N–H and O–H groups in total. The standard InChI is InChI=1S/C12H11FN4O2/c1-8-14-6-5-9(16-8)7-15-11-4-2-3-10(13)12(11)17(18)19/h2-6,15H,7H2,1H3. The SMILES string of the molecule is Cc1nccc(CNc2cccc(F)c2[N+](=O)[O-])n1. The van der Waals surface area contributed by atoms with E-state index in [0.717, 1.165) is 6.07 Å². The lowest BCUT2D eigenvalue weighted by molar-refractivity contribution is -0.386. The number of nitro groups is 1. The summed E-state index contributed by atoms with van der Waals surface area (Å²) in [6.07, 6.45) is 1.60. The molecule has 1 aromatic heterocycles. The molecule has 7 heteroatoms. The number of nitro benzene ring substituents is 1. The van der Waals surface area contributed by atoms with Gasteiger partial charge in [0.05, 0.1) is 17.2 Å². The Morgan fingerprint density at radius 3 is 2.89 bits per heavy atom. The lowest BCUT2D eigenvalue weighted by Gasteiger charge is -2.07. The van der Waals surface area contributed by atoms with Gasteiger partial charge in [-0.1, -0.05) is 6.07 Å². The number of rotatable bonds is 4. The molecule has 6 nitrogen and oxygen atoms in total. The quantitative estimate of drug-likeness (QED) is 0.676. The summed E-state index contributed by atoms with van der Waals surface area (Å²) < 4.78 is 13.4. The van der Waals surface area contributed by atoms with Crippen molar-refractivity contribution in [2.75, 3.05) is 5.32 Å². The number of hydrogen-bond donors (Lipinski definition) is 1. The fourth-order valence-corrected chi connectivity index (χ4v) is 1.63. The minimum atomic E-state index is -0.867. The van der Waals surface area contributed by atoms with Gasteiger partial charge in [-0.15, -0.1) is 0 Å². The van der Waals surface area contributed by atoms with Crippen molar-refractivity contribution in [3.05, 3.63) is 57.9 Å². The lowest BCUT2D eigenvalue weighted by atomic mass is 10.2. The monoisotopic (exact) mass is 262 g/mol. The Morgan fingerprint density at radius 1 is 1.42 bits per heavy atom. The van der Waals surface area contributed by atoms with E-state index in [-0.39, 0.29) is 12.2 Å². The van der Waals surface area contributed by atoms with E-state index in [1.165, 1.54) is 12.1 Å². The molecule has 0 bridgehead atoms. The van der Waals surface area contributed by atoms with E-state index in [1.807, 2.05) is 0 Å². The lowest BCUT2D eigenvalue weighted by Crippen LogP contribution is -2.06. The van der Waals surface area contributed by atoms with Gasteiger partial charge in [-0.3, -0.25) is 10.1 Å². The molecule has 0 radical (unpaired) electrons. The van der Waals surface area contributed by atoms with E-state index in [1.54, 1.807) is 19.2 Å². The highest BCUT2D eigenvalue weighted by Crippen LogP contribution is 2.27. The van der Waals surface area contributed by atoms with Crippen molar-refractivity contribution in [3.8, 4) is 0 Å². The van der Waals surface area contributed by atoms with E-state index in [9.17, 15) is 14.5 Å². The van der Waals surface area contributed by atoms with Crippen LogP contribution < -0.4 is 5.32 Å². The molecule has 0 atom stereocenters. The normalized spacial score (nSPS) is 10.2. The summed E-state index contributed by atoms with van der Waals surface area (Å²) in [6.45, 7) is 2.00. The predicted molar refractivity (Wildman–Crippen MR) is 67.2 cm³/mol. The molecule has 2 aromatic rings. The molecule has 0 spiro atoms. The maximum Gasteiger partial charge on any atom is 0.327 e. The van der Waals surface area contributed by atoms with E-state index >= 15 is 0 Å². The first-order chi connectivity index (χ1) is 9.08. The number of aryl methyl sites for hydroxylation is 1. The first-order valence-electron chi connectivity index (χ1n) is 5.53. The first kappa shape index (κ1) is 12.9. The van der Waals surface area contributed by atoms with Gasteiger partial charge in [0.2, 0.25) is 5.82 Å². The predicted octanol–water partition coefficient (Wildman–Crippen LogP) is 2.44. The molecule has 0 amide bonds. The van der Waals surface area contributed by atoms with Crippen LogP contribution in [0.2, 0.25) is 0 Å². The number of para-hydroxylation sites is 1. The zero-order chi connectivity index (χ0) is 13.8. The third kappa shape index (κ3) is 3.01. The third-order valence-electron chi connectivity index (χ3n) is 2.46. The molecule has 0 aliphatic heterocycles. The molecule has 0 saturated heterocycles. The smallest absolute Gasteiger partial charge is 0.327 e. The Labute approximate surface area is 108 Å². The number of aromatic nitrogens is 2. The van der Waals surface area contributed by atoms with Crippen LogP contribution in [0.5, 0.6) is 0 Å². The Morgan fingerprint density at radius 2 is 2.21 bits per heavy atom. The summed E-state index contributed by atoms with van der Waals surface area (Å²) in [5.41, 5.74) is 0.237. The minimum absolute atomic E-state index is 0.126. The molecular formula is C12H11FN4O2. The van der Waals surface area contributed by atoms with Crippen molar-refractivity contribution in [1.82, 2.24) is 9.97 Å². The van der Waals surface area contributed by atoms with Gasteiger partial charge in [0.1, 0.15) is 11.5 Å². The van der Waals surface area contributed by atoms with E-state index in [0.29, 0.717) is 11.5 Å². The van der Waals surface area contributed by atoms with Crippen molar-refractivity contribution in [3.63, 3.8) is 0 Å². The Balaban J connectivity index is 2.20. The molecule has 2 rings (SSSR count). The molecule has 0 aliphatic rings. The largest absolute Gasteiger partial charge is 0.374 e. The zero-order valence-corrected chi connectivity index (χ0v) is 10.1. The number of halogens is 1. The molecule has 0 saturated carbocycles. The van der Waals surface area contributed by atoms with Crippen LogP contribution in [0.25, 0.3) is 0 Å². The topological polar surface area (TPSA) is 81.0 Å². The fraction of sp³-hybridized carbons (Fsp3) is 0.167. The minimum Gasteiger partial charge on any atom is -0.374 e. The number of hydrogen-bond acceptors (Lipinski definition) is 5. The van der Waals surface area contributed by atoms with Crippen molar-refractivity contribution < 1.29 is 9.31 Å². The van der Waals surface area contributed by atoms with Crippen LogP contribution >= 0.6 is 0 Å². The number of nitrogens with zero attached hydrogens (tertiary/aromatic N) is 3. The molecule has 0 aliphatic carbocycles. The van der Waals surface area contributed by atoms with Gasteiger partial charge in [0, 0.05) is 6.20 Å². The summed E-state index contributed by atoms with van der Waals surface area (Å²) in [7, 11) is 0. The molecule has 98 valence electrons. The Kier molecular flexibility index (Phi) is 3.65. The van der Waals surface area contributed by atoms with Gasteiger partial charge in [-0.05, 0) is 25.1 Å². The number of benzene rings is 1. The van der Waals surface area contributed by atoms with Crippen LogP contribution in [0, 0.1) is 22.9 Å². The Hall–Kier alpha value is -2.57. The summed E-state index contributed by atoms with van der Waals surface area (Å²) in [6, 6.07) is 5.61. The van der Waals surface area contributed by atoms with E-state index < -0.39 is 16.4 Å². The summed E-state index contributed by atoms with van der Waals surface area (Å²) >= 11 is 0. The first-order valence-corrected chi connectivity index (χ1v) is 5.53. The highest BCUT2D eigenvalue weighted by atomic mass is 19.1. The van der Waals surface area contributed by atoms with Crippen molar-refractivity contribution in [1.29, 1.82) is 0 Å². The number of nitrogens with one attached hydrogen (secondary N) is 1. The van der Waals surface area contributed by atoms with E-state index in [2.05, 4.69) is 15.3 Å². The summed E-state index contributed by atoms with van der Waals surface area (Å²) in [5, 5.41) is 13.6. The van der Waals surface area contributed by atoms with Gasteiger partial charge in [0.15, 0.2) is 0 Å². The van der Waals surface area contributed by atoms with Gasteiger partial charge in [-0.2, -0.15) is 4.39 Å². The molecule has 19 heavy (non-hydrogen) atoms. The van der Waals surface area contributed by atoms with Crippen LogP contribution in [0.1, 0.15) is 11.5 Å². The summed E-state index contributed by atoms with van der Waals surface area (Å²) in [4.78, 5) is 18.2. The van der Waals surface area contributed by atoms with Crippen LogP contribution in [-0.4, -0.2) is 14.9 Å². The van der Waals surface area contributed by atoms with Gasteiger partial charge in [0.25, 0.3) is 0 Å². The van der Waals surface area contributed by atoms with Gasteiger partial charge >= 0.3 is 5.69 Å². The summed E-state index contributed by atoms with van der Waals surface area (Å²) in [5.74, 6) is -0.262. The highest BCUT2D eigenvalue weighted by Gasteiger charge is 2.19. The van der Waals surface area contributed by atoms with Crippen molar-refractivity contribution in [2.24, 2.45) is 0 Å². The average Bonchev–Trinajstić information content (AvgIpc) is 2.36. The second-order valence-corrected chi connectivity index (χ2v) is 3.84. The maximum absolute atomic E-state index is 13.4. The fourth-order valence-electron chi connectivity index (χ4n) is 1.63. The molecule has 1 aromatic carbocycles. The number of anilines is 1. The maximum atomic E-state index is 13.4. The average molecular weight is 262 g/mol. The van der Waals surface area contributed by atoms with Gasteiger partial charge in [-0.25, -0.2) is 9.97 Å². The third-order valence-corrected chi connectivity index (χ3v) is 2.46. The van der Waals surface area contributed by atoms with Crippen LogP contribution in [0.15, 0.2) is 30.5 Å².